The van der Waals surface area contributed by atoms with Crippen molar-refractivity contribution < 1.29 is 5.11 Å². The molecule has 0 saturated heterocycles. The van der Waals surface area contributed by atoms with Crippen molar-refractivity contribution in [3.05, 3.63) is 24.3 Å². The van der Waals surface area contributed by atoms with Gasteiger partial charge in [0, 0.05) is 14.1 Å². The Morgan fingerprint density at radius 3 is 2.74 bits per heavy atom. The van der Waals surface area contributed by atoms with Gasteiger partial charge in [0.1, 0.15) is 0 Å². The highest BCUT2D eigenvalue weighted by molar-refractivity contribution is 5.78. The van der Waals surface area contributed by atoms with E-state index in [0.29, 0.717) is 0 Å². The van der Waals surface area contributed by atoms with E-state index in [4.69, 9.17) is 4.98 Å². The highest BCUT2D eigenvalue weighted by Crippen LogP contribution is 2.27. The molecule has 1 aliphatic carbocycles. The maximum absolute atomic E-state index is 10.2. The maximum Gasteiger partial charge on any atom is 0.206 e. The van der Waals surface area contributed by atoms with Crippen LogP contribution in [-0.4, -0.2) is 33.9 Å². The summed E-state index contributed by atoms with van der Waals surface area (Å²) in [6.45, 7) is 0. The van der Waals surface area contributed by atoms with Gasteiger partial charge in [-0.2, -0.15) is 0 Å². The zero-order valence-electron chi connectivity index (χ0n) is 11.6. The predicted octanol–water partition coefficient (Wildman–Crippen LogP) is 2.31. The van der Waals surface area contributed by atoms with Crippen LogP contribution in [0, 0.1) is 0 Å². The fourth-order valence-electron chi connectivity index (χ4n) is 3.14. The molecular formula is C15H21N3O. The van der Waals surface area contributed by atoms with Crippen molar-refractivity contribution in [2.75, 3.05) is 11.9 Å². The molecule has 0 amide bonds. The summed E-state index contributed by atoms with van der Waals surface area (Å²) >= 11 is 0. The number of nitrogens with zero attached hydrogens (tertiary/aromatic N) is 3. The van der Waals surface area contributed by atoms with E-state index in [9.17, 15) is 5.11 Å². The average Bonchev–Trinajstić information content (AvgIpc) is 2.77. The number of benzene rings is 1. The molecule has 2 aromatic rings. The fourth-order valence-corrected chi connectivity index (χ4v) is 3.14. The molecule has 3 rings (SSSR count). The summed E-state index contributed by atoms with van der Waals surface area (Å²) in [7, 11) is 4.08. The lowest BCUT2D eigenvalue weighted by Crippen LogP contribution is -2.44. The van der Waals surface area contributed by atoms with E-state index in [2.05, 4.69) is 15.5 Å². The molecule has 4 heteroatoms. The second-order valence-electron chi connectivity index (χ2n) is 5.49. The van der Waals surface area contributed by atoms with Gasteiger partial charge in [-0.25, -0.2) is 4.98 Å². The number of aliphatic hydroxyl groups is 1. The van der Waals surface area contributed by atoms with Crippen molar-refractivity contribution >= 4 is 17.0 Å². The number of hydrogen-bond donors (Lipinski definition) is 1. The number of anilines is 1. The van der Waals surface area contributed by atoms with Gasteiger partial charge in [-0.05, 0) is 25.0 Å². The number of fused-ring (bicyclic) bond motifs is 1. The van der Waals surface area contributed by atoms with Gasteiger partial charge in [0.25, 0.3) is 0 Å². The Kier molecular flexibility index (Phi) is 3.19. The molecule has 102 valence electrons. The summed E-state index contributed by atoms with van der Waals surface area (Å²) in [5.74, 6) is 0.937. The third-order valence-electron chi connectivity index (χ3n) is 4.27. The van der Waals surface area contributed by atoms with E-state index in [-0.39, 0.29) is 12.1 Å². The van der Waals surface area contributed by atoms with Crippen LogP contribution in [0.5, 0.6) is 0 Å². The van der Waals surface area contributed by atoms with Gasteiger partial charge in [-0.3, -0.25) is 0 Å². The third kappa shape index (κ3) is 2.10. The summed E-state index contributed by atoms with van der Waals surface area (Å²) < 4.78 is 2.11. The monoisotopic (exact) mass is 259 g/mol. The topological polar surface area (TPSA) is 41.3 Å². The van der Waals surface area contributed by atoms with Crippen molar-refractivity contribution in [3.8, 4) is 0 Å². The van der Waals surface area contributed by atoms with Gasteiger partial charge in [-0.15, -0.1) is 0 Å². The van der Waals surface area contributed by atoms with Crippen LogP contribution in [0.15, 0.2) is 24.3 Å². The largest absolute Gasteiger partial charge is 0.391 e. The van der Waals surface area contributed by atoms with E-state index in [1.54, 1.807) is 0 Å². The molecule has 1 heterocycles. The summed E-state index contributed by atoms with van der Waals surface area (Å²) in [5.41, 5.74) is 2.15. The second kappa shape index (κ2) is 4.85. The maximum atomic E-state index is 10.2. The molecule has 19 heavy (non-hydrogen) atoms. The first-order chi connectivity index (χ1) is 9.18. The zero-order valence-corrected chi connectivity index (χ0v) is 11.6. The van der Waals surface area contributed by atoms with Crippen LogP contribution in [0.25, 0.3) is 11.0 Å². The number of hydrogen-bond acceptors (Lipinski definition) is 3. The quantitative estimate of drug-likeness (QED) is 0.900. The van der Waals surface area contributed by atoms with Crippen molar-refractivity contribution in [3.63, 3.8) is 0 Å². The minimum absolute atomic E-state index is 0.185. The molecule has 0 spiro atoms. The highest BCUT2D eigenvalue weighted by Gasteiger charge is 2.28. The van der Waals surface area contributed by atoms with E-state index in [1.165, 1.54) is 6.42 Å². The Bertz CT molecular complexity index is 578. The van der Waals surface area contributed by atoms with Gasteiger partial charge in [0.2, 0.25) is 5.95 Å². The average molecular weight is 259 g/mol. The summed E-state index contributed by atoms with van der Waals surface area (Å²) in [5, 5.41) is 10.2. The number of rotatable bonds is 2. The zero-order chi connectivity index (χ0) is 13.4. The van der Waals surface area contributed by atoms with Gasteiger partial charge in [0.05, 0.1) is 23.2 Å². The Hall–Kier alpha value is -1.55. The first kappa shape index (κ1) is 12.5. The number of para-hydroxylation sites is 2. The Morgan fingerprint density at radius 1 is 1.26 bits per heavy atom. The van der Waals surface area contributed by atoms with Gasteiger partial charge < -0.3 is 14.6 Å². The minimum Gasteiger partial charge on any atom is -0.391 e. The standard InChI is InChI=1S/C15H21N3O/c1-17-12-8-4-3-7-11(12)16-15(17)18(2)13-9-5-6-10-14(13)19/h3-4,7-8,13-14,19H,5-6,9-10H2,1-2H3. The van der Waals surface area contributed by atoms with Crippen molar-refractivity contribution in [1.82, 2.24) is 9.55 Å². The molecular weight excluding hydrogens is 238 g/mol. The highest BCUT2D eigenvalue weighted by atomic mass is 16.3. The van der Waals surface area contributed by atoms with Crippen LogP contribution < -0.4 is 4.90 Å². The molecule has 2 atom stereocenters. The number of aliphatic hydroxyl groups excluding tert-OH is 1. The van der Waals surface area contributed by atoms with Crippen molar-refractivity contribution in [1.29, 1.82) is 0 Å². The first-order valence-electron chi connectivity index (χ1n) is 7.01. The Labute approximate surface area is 113 Å². The number of aryl methyl sites for hydroxylation is 1. The molecule has 1 saturated carbocycles. The fraction of sp³-hybridized carbons (Fsp3) is 0.533. The number of imidazole rings is 1. The lowest BCUT2D eigenvalue weighted by Gasteiger charge is -2.35. The van der Waals surface area contributed by atoms with Crippen LogP contribution in [0.2, 0.25) is 0 Å². The third-order valence-corrected chi connectivity index (χ3v) is 4.27. The molecule has 0 bridgehead atoms. The molecule has 1 aromatic carbocycles. The van der Waals surface area contributed by atoms with Gasteiger partial charge in [-0.1, -0.05) is 25.0 Å². The molecule has 1 fully saturated rings. The lowest BCUT2D eigenvalue weighted by molar-refractivity contribution is 0.105. The smallest absolute Gasteiger partial charge is 0.206 e. The Morgan fingerprint density at radius 2 is 2.00 bits per heavy atom. The molecule has 1 aliphatic rings. The van der Waals surface area contributed by atoms with E-state index in [1.807, 2.05) is 32.3 Å². The summed E-state index contributed by atoms with van der Waals surface area (Å²) in [6, 6.07) is 8.34. The normalized spacial score (nSPS) is 23.7. The van der Waals surface area contributed by atoms with E-state index >= 15 is 0 Å². The molecule has 0 aliphatic heterocycles. The first-order valence-corrected chi connectivity index (χ1v) is 7.01. The molecule has 2 unspecified atom stereocenters. The summed E-state index contributed by atoms with van der Waals surface area (Å²) in [6.07, 6.45) is 4.03. The van der Waals surface area contributed by atoms with Gasteiger partial charge in [0.15, 0.2) is 0 Å². The SMILES string of the molecule is CN(c1nc2ccccc2n1C)C1CCCCC1O. The Balaban J connectivity index is 1.96. The number of aromatic nitrogens is 2. The predicted molar refractivity (Wildman–Crippen MR) is 77.4 cm³/mol. The van der Waals surface area contributed by atoms with E-state index in [0.717, 1.165) is 36.2 Å². The van der Waals surface area contributed by atoms with Crippen LogP contribution in [-0.2, 0) is 7.05 Å². The lowest BCUT2D eigenvalue weighted by atomic mass is 9.92. The number of likely N-dealkylation sites (N-methyl/N-ethyl adjacent to an activating group) is 1. The van der Waals surface area contributed by atoms with Crippen LogP contribution in [0.1, 0.15) is 25.7 Å². The van der Waals surface area contributed by atoms with Crippen molar-refractivity contribution in [2.45, 2.75) is 37.8 Å². The molecule has 1 aromatic heterocycles. The van der Waals surface area contributed by atoms with Crippen molar-refractivity contribution in [2.24, 2.45) is 7.05 Å². The van der Waals surface area contributed by atoms with Gasteiger partial charge >= 0.3 is 0 Å². The van der Waals surface area contributed by atoms with E-state index < -0.39 is 0 Å². The molecule has 4 nitrogen and oxygen atoms in total. The molecule has 0 radical (unpaired) electrons. The molecule has 1 N–H and O–H groups in total. The van der Waals surface area contributed by atoms with Crippen LogP contribution in [0.3, 0.4) is 0 Å². The van der Waals surface area contributed by atoms with Crippen LogP contribution in [0.4, 0.5) is 5.95 Å². The summed E-state index contributed by atoms with van der Waals surface area (Å²) in [4.78, 5) is 6.84. The van der Waals surface area contributed by atoms with Crippen LogP contribution >= 0.6 is 0 Å². The minimum atomic E-state index is -0.237. The second-order valence-corrected chi connectivity index (χ2v) is 5.49.